The maximum absolute atomic E-state index is 12.2. The van der Waals surface area contributed by atoms with Crippen LogP contribution in [-0.4, -0.2) is 22.0 Å². The molecule has 0 aliphatic carbocycles. The van der Waals surface area contributed by atoms with E-state index in [4.69, 9.17) is 4.98 Å². The van der Waals surface area contributed by atoms with Gasteiger partial charge in [0.05, 0.1) is 17.5 Å². The topological polar surface area (TPSA) is 46.9 Å². The van der Waals surface area contributed by atoms with E-state index < -0.39 is 0 Å². The maximum atomic E-state index is 12.2. The SMILES string of the molecule is Cc1ccccc1CC(=O)NCCCCCc1nc2ccccc2n1Cc1cccc(Br)c1. The molecule has 0 saturated carbocycles. The van der Waals surface area contributed by atoms with Gasteiger partial charge in [0.2, 0.25) is 5.91 Å². The minimum atomic E-state index is 0.0973. The second-order valence-corrected chi connectivity index (χ2v) is 9.41. The van der Waals surface area contributed by atoms with E-state index in [2.05, 4.69) is 68.3 Å². The van der Waals surface area contributed by atoms with Crippen LogP contribution >= 0.6 is 15.9 Å². The molecule has 0 spiro atoms. The molecule has 0 aliphatic heterocycles. The summed E-state index contributed by atoms with van der Waals surface area (Å²) in [5.74, 6) is 1.22. The van der Waals surface area contributed by atoms with E-state index in [0.29, 0.717) is 6.42 Å². The quantitative estimate of drug-likeness (QED) is 0.261. The minimum Gasteiger partial charge on any atom is -0.356 e. The van der Waals surface area contributed by atoms with Crippen LogP contribution in [0.2, 0.25) is 0 Å². The first-order chi connectivity index (χ1) is 16.1. The molecule has 4 rings (SSSR count). The van der Waals surface area contributed by atoms with Gasteiger partial charge in [-0.15, -0.1) is 0 Å². The molecular formula is C28H30BrN3O. The van der Waals surface area contributed by atoms with Crippen LogP contribution in [0.3, 0.4) is 0 Å². The van der Waals surface area contributed by atoms with Crippen molar-refractivity contribution in [3.8, 4) is 0 Å². The van der Waals surface area contributed by atoms with Gasteiger partial charge in [0.15, 0.2) is 0 Å². The number of hydrogen-bond acceptors (Lipinski definition) is 2. The van der Waals surface area contributed by atoms with E-state index in [-0.39, 0.29) is 5.91 Å². The molecule has 1 aromatic heterocycles. The molecule has 1 N–H and O–H groups in total. The Balaban J connectivity index is 1.29. The fourth-order valence-corrected chi connectivity index (χ4v) is 4.61. The van der Waals surface area contributed by atoms with Crippen LogP contribution in [-0.2, 0) is 24.2 Å². The number of benzene rings is 3. The van der Waals surface area contributed by atoms with Crippen LogP contribution in [0.4, 0.5) is 0 Å². The van der Waals surface area contributed by atoms with Crippen molar-refractivity contribution in [2.45, 2.75) is 45.6 Å². The number of carbonyl (C=O) groups is 1. The highest BCUT2D eigenvalue weighted by Gasteiger charge is 2.11. The van der Waals surface area contributed by atoms with Gasteiger partial charge in [-0.25, -0.2) is 4.98 Å². The van der Waals surface area contributed by atoms with Crippen LogP contribution in [0.15, 0.2) is 77.3 Å². The highest BCUT2D eigenvalue weighted by atomic mass is 79.9. The Bertz CT molecular complexity index is 1230. The summed E-state index contributed by atoms with van der Waals surface area (Å²) >= 11 is 3.58. The molecule has 0 fully saturated rings. The number of para-hydroxylation sites is 2. The average molecular weight is 504 g/mol. The molecular weight excluding hydrogens is 474 g/mol. The van der Waals surface area contributed by atoms with Gasteiger partial charge in [-0.1, -0.05) is 70.9 Å². The monoisotopic (exact) mass is 503 g/mol. The molecule has 1 amide bonds. The predicted molar refractivity (Wildman–Crippen MR) is 138 cm³/mol. The lowest BCUT2D eigenvalue weighted by molar-refractivity contribution is -0.120. The summed E-state index contributed by atoms with van der Waals surface area (Å²) in [6.07, 6.45) is 4.47. The lowest BCUT2D eigenvalue weighted by Gasteiger charge is -2.10. The number of fused-ring (bicyclic) bond motifs is 1. The van der Waals surface area contributed by atoms with Crippen LogP contribution in [0, 0.1) is 6.92 Å². The molecule has 0 aliphatic rings. The Morgan fingerprint density at radius 3 is 2.64 bits per heavy atom. The van der Waals surface area contributed by atoms with Gasteiger partial charge in [0.25, 0.3) is 0 Å². The first-order valence-electron chi connectivity index (χ1n) is 11.6. The summed E-state index contributed by atoms with van der Waals surface area (Å²) in [7, 11) is 0. The molecule has 33 heavy (non-hydrogen) atoms. The summed E-state index contributed by atoms with van der Waals surface area (Å²) in [6.45, 7) is 3.58. The van der Waals surface area contributed by atoms with Crippen molar-refractivity contribution >= 4 is 32.9 Å². The molecule has 4 aromatic rings. The van der Waals surface area contributed by atoms with Gasteiger partial charge in [-0.05, 0) is 60.7 Å². The summed E-state index contributed by atoms with van der Waals surface area (Å²) in [4.78, 5) is 17.1. The normalized spacial score (nSPS) is 11.1. The van der Waals surface area contributed by atoms with E-state index >= 15 is 0 Å². The van der Waals surface area contributed by atoms with E-state index in [1.807, 2.05) is 37.3 Å². The van der Waals surface area contributed by atoms with Crippen molar-refractivity contribution in [3.63, 3.8) is 0 Å². The molecule has 5 heteroatoms. The van der Waals surface area contributed by atoms with Crippen LogP contribution in [0.1, 0.15) is 41.8 Å². The Morgan fingerprint density at radius 1 is 0.970 bits per heavy atom. The number of aryl methyl sites for hydroxylation is 2. The molecule has 4 nitrogen and oxygen atoms in total. The van der Waals surface area contributed by atoms with Crippen molar-refractivity contribution in [2.24, 2.45) is 0 Å². The minimum absolute atomic E-state index is 0.0973. The van der Waals surface area contributed by atoms with E-state index in [0.717, 1.165) is 60.2 Å². The molecule has 0 atom stereocenters. The van der Waals surface area contributed by atoms with Crippen molar-refractivity contribution in [1.29, 1.82) is 0 Å². The zero-order chi connectivity index (χ0) is 23.0. The summed E-state index contributed by atoms with van der Waals surface area (Å²) in [6, 6.07) is 24.9. The number of hydrogen-bond donors (Lipinski definition) is 1. The fourth-order valence-electron chi connectivity index (χ4n) is 4.17. The molecule has 0 radical (unpaired) electrons. The van der Waals surface area contributed by atoms with E-state index in [9.17, 15) is 4.79 Å². The van der Waals surface area contributed by atoms with Gasteiger partial charge in [-0.2, -0.15) is 0 Å². The van der Waals surface area contributed by atoms with Crippen molar-refractivity contribution < 1.29 is 4.79 Å². The molecule has 0 saturated heterocycles. The Labute approximate surface area is 204 Å². The zero-order valence-corrected chi connectivity index (χ0v) is 20.6. The van der Waals surface area contributed by atoms with Crippen LogP contribution in [0.25, 0.3) is 11.0 Å². The lowest BCUT2D eigenvalue weighted by Crippen LogP contribution is -2.26. The summed E-state index contributed by atoms with van der Waals surface area (Å²) in [5.41, 5.74) is 5.74. The number of nitrogens with one attached hydrogen (secondary N) is 1. The number of amides is 1. The molecule has 1 heterocycles. The number of unbranched alkanes of at least 4 members (excludes halogenated alkanes) is 2. The fraction of sp³-hybridized carbons (Fsp3) is 0.286. The first kappa shape index (κ1) is 23.2. The number of halogens is 1. The van der Waals surface area contributed by atoms with Gasteiger partial charge in [0.1, 0.15) is 5.82 Å². The average Bonchev–Trinajstić information content (AvgIpc) is 3.15. The number of carbonyl (C=O) groups excluding carboxylic acids is 1. The second-order valence-electron chi connectivity index (χ2n) is 8.50. The van der Waals surface area contributed by atoms with E-state index in [1.54, 1.807) is 0 Å². The number of aromatic nitrogens is 2. The van der Waals surface area contributed by atoms with Crippen LogP contribution in [0.5, 0.6) is 0 Å². The number of imidazole rings is 1. The standard InChI is InChI=1S/C28H30BrN3O/c1-21-10-4-5-12-23(21)19-28(33)30-17-8-2-3-16-27-31-25-14-6-7-15-26(25)32(27)20-22-11-9-13-24(29)18-22/h4-7,9-15,18H,2-3,8,16-17,19-20H2,1H3,(H,30,33). The zero-order valence-electron chi connectivity index (χ0n) is 19.1. The molecule has 3 aromatic carbocycles. The smallest absolute Gasteiger partial charge is 0.224 e. The third-order valence-electron chi connectivity index (χ3n) is 5.97. The van der Waals surface area contributed by atoms with E-state index in [1.165, 1.54) is 16.6 Å². The Hall–Kier alpha value is -2.92. The van der Waals surface area contributed by atoms with Gasteiger partial charge < -0.3 is 9.88 Å². The van der Waals surface area contributed by atoms with Crippen molar-refractivity contribution in [2.75, 3.05) is 6.54 Å². The number of rotatable bonds is 10. The second kappa shape index (κ2) is 11.3. The highest BCUT2D eigenvalue weighted by molar-refractivity contribution is 9.10. The Kier molecular flexibility index (Phi) is 7.95. The predicted octanol–water partition coefficient (Wildman–Crippen LogP) is 6.23. The summed E-state index contributed by atoms with van der Waals surface area (Å²) in [5, 5.41) is 3.06. The maximum Gasteiger partial charge on any atom is 0.224 e. The van der Waals surface area contributed by atoms with Crippen LogP contribution < -0.4 is 5.32 Å². The highest BCUT2D eigenvalue weighted by Crippen LogP contribution is 2.21. The lowest BCUT2D eigenvalue weighted by atomic mass is 10.1. The molecule has 0 unspecified atom stereocenters. The van der Waals surface area contributed by atoms with Crippen molar-refractivity contribution in [1.82, 2.24) is 14.9 Å². The first-order valence-corrected chi connectivity index (χ1v) is 12.4. The summed E-state index contributed by atoms with van der Waals surface area (Å²) < 4.78 is 3.43. The number of nitrogens with zero attached hydrogens (tertiary/aromatic N) is 2. The van der Waals surface area contributed by atoms with Gasteiger partial charge in [-0.3, -0.25) is 4.79 Å². The third kappa shape index (κ3) is 6.32. The van der Waals surface area contributed by atoms with Gasteiger partial charge in [0, 0.05) is 24.0 Å². The molecule has 170 valence electrons. The Morgan fingerprint density at radius 2 is 1.79 bits per heavy atom. The molecule has 0 bridgehead atoms. The largest absolute Gasteiger partial charge is 0.356 e. The van der Waals surface area contributed by atoms with Gasteiger partial charge >= 0.3 is 0 Å². The third-order valence-corrected chi connectivity index (χ3v) is 6.47. The van der Waals surface area contributed by atoms with Crippen molar-refractivity contribution in [3.05, 3.63) is 99.8 Å².